The van der Waals surface area contributed by atoms with E-state index in [1.807, 2.05) is 13.8 Å². The number of ether oxygens (including phenoxy) is 3. The average Bonchev–Trinajstić information content (AvgIpc) is 2.60. The Hall–Kier alpha value is -1.79. The molecule has 0 aromatic heterocycles. The van der Waals surface area contributed by atoms with Crippen LogP contribution in [0.1, 0.15) is 38.1 Å². The third-order valence-electron chi connectivity index (χ3n) is 4.34. The molecule has 0 saturated carbocycles. The van der Waals surface area contributed by atoms with Gasteiger partial charge >= 0.3 is 0 Å². The molecule has 1 aromatic rings. The molecule has 1 aliphatic heterocycles. The molecule has 0 bridgehead atoms. The number of carbonyl (C=O) groups is 1. The van der Waals surface area contributed by atoms with E-state index in [9.17, 15) is 4.79 Å². The van der Waals surface area contributed by atoms with E-state index in [1.54, 1.807) is 25.3 Å². The molecule has 1 aromatic carbocycles. The molecule has 0 spiro atoms. The largest absolute Gasteiger partial charge is 0.493 e. The zero-order chi connectivity index (χ0) is 18.4. The van der Waals surface area contributed by atoms with Gasteiger partial charge in [-0.05, 0) is 45.9 Å². The Kier molecular flexibility index (Phi) is 6.67. The molecule has 6 nitrogen and oxygen atoms in total. The first-order chi connectivity index (χ1) is 11.8. The number of amides is 1. The van der Waals surface area contributed by atoms with Crippen molar-refractivity contribution in [2.45, 2.75) is 39.3 Å². The number of hydrogen-bond acceptors (Lipinski definition) is 5. The molecule has 1 heterocycles. The van der Waals surface area contributed by atoms with Gasteiger partial charge in [0, 0.05) is 30.7 Å². The maximum Gasteiger partial charge on any atom is 0.251 e. The first-order valence-electron chi connectivity index (χ1n) is 8.79. The Morgan fingerprint density at radius 2 is 1.96 bits per heavy atom. The second kappa shape index (κ2) is 8.54. The minimum Gasteiger partial charge on any atom is -0.493 e. The second-order valence-electron chi connectivity index (χ2n) is 7.13. The van der Waals surface area contributed by atoms with Crippen molar-refractivity contribution in [3.8, 4) is 11.5 Å². The quantitative estimate of drug-likeness (QED) is 0.818. The van der Waals surface area contributed by atoms with E-state index >= 15 is 0 Å². The SMILES string of the molecule is COc1cc(C(=O)NCC(C)(C)N2CCOCC2)ccc1OC(C)C. The summed E-state index contributed by atoms with van der Waals surface area (Å²) in [4.78, 5) is 14.9. The van der Waals surface area contributed by atoms with Gasteiger partial charge in [-0.25, -0.2) is 0 Å². The number of nitrogens with zero attached hydrogens (tertiary/aromatic N) is 1. The third kappa shape index (κ3) is 5.34. The molecule has 1 saturated heterocycles. The number of carbonyl (C=O) groups excluding carboxylic acids is 1. The third-order valence-corrected chi connectivity index (χ3v) is 4.34. The van der Waals surface area contributed by atoms with Crippen LogP contribution in [-0.4, -0.2) is 62.4 Å². The van der Waals surface area contributed by atoms with Crippen molar-refractivity contribution < 1.29 is 19.0 Å². The normalized spacial score (nSPS) is 15.9. The number of hydrogen-bond donors (Lipinski definition) is 1. The Morgan fingerprint density at radius 1 is 1.28 bits per heavy atom. The lowest BCUT2D eigenvalue weighted by molar-refractivity contribution is -0.00923. The van der Waals surface area contributed by atoms with Crippen LogP contribution in [-0.2, 0) is 4.74 Å². The standard InChI is InChI=1S/C19H30N2O4/c1-14(2)25-16-7-6-15(12-17(16)23-5)18(22)20-13-19(3,4)21-8-10-24-11-9-21/h6-7,12,14H,8-11,13H2,1-5H3,(H,20,22). The van der Waals surface area contributed by atoms with Gasteiger partial charge in [0.15, 0.2) is 11.5 Å². The summed E-state index contributed by atoms with van der Waals surface area (Å²) in [6.45, 7) is 12.0. The number of rotatable bonds is 7. The highest BCUT2D eigenvalue weighted by Gasteiger charge is 2.28. The van der Waals surface area contributed by atoms with Crippen LogP contribution in [0.15, 0.2) is 18.2 Å². The van der Waals surface area contributed by atoms with E-state index in [0.29, 0.717) is 23.6 Å². The molecule has 1 amide bonds. The van der Waals surface area contributed by atoms with Crippen molar-refractivity contribution >= 4 is 5.91 Å². The maximum atomic E-state index is 12.5. The van der Waals surface area contributed by atoms with Crippen LogP contribution in [0, 0.1) is 0 Å². The highest BCUT2D eigenvalue weighted by atomic mass is 16.5. The van der Waals surface area contributed by atoms with Crippen LogP contribution in [0.5, 0.6) is 11.5 Å². The van der Waals surface area contributed by atoms with Crippen LogP contribution in [0.4, 0.5) is 0 Å². The molecule has 0 atom stereocenters. The summed E-state index contributed by atoms with van der Waals surface area (Å²) < 4.78 is 16.4. The first-order valence-corrected chi connectivity index (χ1v) is 8.79. The second-order valence-corrected chi connectivity index (χ2v) is 7.13. The zero-order valence-corrected chi connectivity index (χ0v) is 15.9. The Bertz CT molecular complexity index is 581. The van der Waals surface area contributed by atoms with E-state index < -0.39 is 0 Å². The summed E-state index contributed by atoms with van der Waals surface area (Å²) in [6.07, 6.45) is 0.0444. The van der Waals surface area contributed by atoms with Crippen molar-refractivity contribution in [1.29, 1.82) is 0 Å². The van der Waals surface area contributed by atoms with Crippen molar-refractivity contribution in [2.75, 3.05) is 40.0 Å². The average molecular weight is 350 g/mol. The van der Waals surface area contributed by atoms with Crippen molar-refractivity contribution in [2.24, 2.45) is 0 Å². The summed E-state index contributed by atoms with van der Waals surface area (Å²) in [6, 6.07) is 5.26. The molecule has 1 fully saturated rings. The smallest absolute Gasteiger partial charge is 0.251 e. The fourth-order valence-electron chi connectivity index (χ4n) is 2.84. The molecule has 6 heteroatoms. The summed E-state index contributed by atoms with van der Waals surface area (Å²) in [5.41, 5.74) is 0.440. The van der Waals surface area contributed by atoms with Crippen LogP contribution < -0.4 is 14.8 Å². The van der Waals surface area contributed by atoms with E-state index in [2.05, 4.69) is 24.1 Å². The molecule has 0 unspecified atom stereocenters. The number of benzene rings is 1. The summed E-state index contributed by atoms with van der Waals surface area (Å²) in [5, 5.41) is 3.03. The van der Waals surface area contributed by atoms with Gasteiger partial charge < -0.3 is 19.5 Å². The predicted octanol–water partition coefficient (Wildman–Crippen LogP) is 2.32. The van der Waals surface area contributed by atoms with Gasteiger partial charge in [-0.15, -0.1) is 0 Å². The van der Waals surface area contributed by atoms with Crippen molar-refractivity contribution in [3.63, 3.8) is 0 Å². The molecule has 0 radical (unpaired) electrons. The van der Waals surface area contributed by atoms with Crippen LogP contribution in [0.3, 0.4) is 0 Å². The topological polar surface area (TPSA) is 60.0 Å². The lowest BCUT2D eigenvalue weighted by Crippen LogP contribution is -2.55. The monoisotopic (exact) mass is 350 g/mol. The van der Waals surface area contributed by atoms with E-state index in [-0.39, 0.29) is 17.6 Å². The number of nitrogens with one attached hydrogen (secondary N) is 1. The molecule has 2 rings (SSSR count). The van der Waals surface area contributed by atoms with Gasteiger partial charge in [-0.2, -0.15) is 0 Å². The Morgan fingerprint density at radius 3 is 2.56 bits per heavy atom. The highest BCUT2D eigenvalue weighted by molar-refractivity contribution is 5.94. The van der Waals surface area contributed by atoms with E-state index in [4.69, 9.17) is 14.2 Å². The highest BCUT2D eigenvalue weighted by Crippen LogP contribution is 2.29. The number of methoxy groups -OCH3 is 1. The summed E-state index contributed by atoms with van der Waals surface area (Å²) >= 11 is 0. The molecule has 1 aliphatic rings. The summed E-state index contributed by atoms with van der Waals surface area (Å²) in [5.74, 6) is 1.09. The van der Waals surface area contributed by atoms with Gasteiger partial charge in [0.1, 0.15) is 0 Å². The van der Waals surface area contributed by atoms with Gasteiger partial charge in [-0.1, -0.05) is 0 Å². The maximum absolute atomic E-state index is 12.5. The molecule has 1 N–H and O–H groups in total. The van der Waals surface area contributed by atoms with Crippen molar-refractivity contribution in [1.82, 2.24) is 10.2 Å². The van der Waals surface area contributed by atoms with Crippen molar-refractivity contribution in [3.05, 3.63) is 23.8 Å². The van der Waals surface area contributed by atoms with Gasteiger partial charge in [-0.3, -0.25) is 9.69 Å². The molecule has 140 valence electrons. The number of morpholine rings is 1. The molecule has 25 heavy (non-hydrogen) atoms. The molecular formula is C19H30N2O4. The lowest BCUT2D eigenvalue weighted by atomic mass is 10.0. The molecular weight excluding hydrogens is 320 g/mol. The minimum atomic E-state index is -0.121. The van der Waals surface area contributed by atoms with Crippen LogP contribution in [0.25, 0.3) is 0 Å². The minimum absolute atomic E-state index is 0.0444. The van der Waals surface area contributed by atoms with E-state index in [0.717, 1.165) is 26.3 Å². The molecule has 0 aliphatic carbocycles. The van der Waals surface area contributed by atoms with Gasteiger partial charge in [0.25, 0.3) is 5.91 Å². The van der Waals surface area contributed by atoms with Gasteiger partial charge in [0.2, 0.25) is 0 Å². The Balaban J connectivity index is 2.00. The van der Waals surface area contributed by atoms with E-state index in [1.165, 1.54) is 0 Å². The Labute approximate surface area is 150 Å². The summed E-state index contributed by atoms with van der Waals surface area (Å²) in [7, 11) is 1.58. The fourth-order valence-corrected chi connectivity index (χ4v) is 2.84. The first kappa shape index (κ1) is 19.5. The lowest BCUT2D eigenvalue weighted by Gasteiger charge is -2.40. The van der Waals surface area contributed by atoms with Crippen LogP contribution >= 0.6 is 0 Å². The van der Waals surface area contributed by atoms with Crippen LogP contribution in [0.2, 0.25) is 0 Å². The predicted molar refractivity (Wildman–Crippen MR) is 97.6 cm³/mol. The van der Waals surface area contributed by atoms with Gasteiger partial charge in [0.05, 0.1) is 26.4 Å². The zero-order valence-electron chi connectivity index (χ0n) is 15.9. The fraction of sp³-hybridized carbons (Fsp3) is 0.632.